The molecule has 5 nitrogen and oxygen atoms in total. The summed E-state index contributed by atoms with van der Waals surface area (Å²) >= 11 is 0. The fourth-order valence-electron chi connectivity index (χ4n) is 4.98. The molecular weight excluding hydrogens is 415 g/mol. The molecule has 0 bridgehead atoms. The molecule has 0 N–H and O–H groups in total. The number of para-hydroxylation sites is 1. The number of anilines is 2. The highest BCUT2D eigenvalue weighted by Gasteiger charge is 2.48. The van der Waals surface area contributed by atoms with Crippen LogP contribution in [-0.2, 0) is 5.67 Å². The molecule has 1 saturated carbocycles. The number of hydrogen-bond donors (Lipinski definition) is 0. The topological polar surface area (TPSA) is 41.5 Å². The number of alkyl halides is 1. The molecule has 0 unspecified atom stereocenters. The average molecular weight is 449 g/mol. The van der Waals surface area contributed by atoms with Crippen LogP contribution in [0.15, 0.2) is 42.5 Å². The zero-order chi connectivity index (χ0) is 23.0. The number of fused-ring (bicyclic) bond motifs is 1. The number of halogens is 1. The van der Waals surface area contributed by atoms with Crippen LogP contribution in [0.2, 0.25) is 0 Å². The number of benzene rings is 2. The number of methoxy groups -OCH3 is 1. The fourth-order valence-corrected chi connectivity index (χ4v) is 4.98. The molecule has 6 heteroatoms. The molecule has 1 aromatic heterocycles. The standard InChI is InChI=1S/C27H33FN4O/c1-4-15-31(2)20-9-10-23-22(18-20)25(30-26(29-23)27(28)13-14-27)32-16-11-19(12-17-32)21-7-5-6-8-24(21)33-3/h5-10,18-19H,4,11-17H2,1-3H3. The van der Waals surface area contributed by atoms with E-state index in [4.69, 9.17) is 9.72 Å². The second-order valence-corrected chi connectivity index (χ2v) is 9.46. The third-order valence-electron chi connectivity index (χ3n) is 7.12. The van der Waals surface area contributed by atoms with E-state index < -0.39 is 5.67 Å². The zero-order valence-corrected chi connectivity index (χ0v) is 19.9. The third kappa shape index (κ3) is 4.23. The largest absolute Gasteiger partial charge is 0.496 e. The normalized spacial score (nSPS) is 17.9. The van der Waals surface area contributed by atoms with Crippen LogP contribution in [0.1, 0.15) is 56.3 Å². The van der Waals surface area contributed by atoms with Crippen molar-refractivity contribution >= 4 is 22.4 Å². The predicted octanol–water partition coefficient (Wildman–Crippen LogP) is 5.83. The van der Waals surface area contributed by atoms with Crippen molar-refractivity contribution in [3.63, 3.8) is 0 Å². The minimum absolute atomic E-state index is 0.353. The molecule has 174 valence electrons. The van der Waals surface area contributed by atoms with Crippen molar-refractivity contribution in [2.75, 3.05) is 43.6 Å². The molecule has 0 amide bonds. The first kappa shape index (κ1) is 21.9. The molecule has 5 rings (SSSR count). The van der Waals surface area contributed by atoms with E-state index >= 15 is 4.39 Å². The Balaban J connectivity index is 1.48. The molecule has 2 heterocycles. The Morgan fingerprint density at radius 2 is 1.88 bits per heavy atom. The molecule has 2 fully saturated rings. The van der Waals surface area contributed by atoms with Crippen LogP contribution >= 0.6 is 0 Å². The van der Waals surface area contributed by atoms with Gasteiger partial charge in [-0.05, 0) is 67.9 Å². The van der Waals surface area contributed by atoms with Gasteiger partial charge in [-0.15, -0.1) is 0 Å². The number of nitrogens with zero attached hydrogens (tertiary/aromatic N) is 4. The highest BCUT2D eigenvalue weighted by Crippen LogP contribution is 2.49. The van der Waals surface area contributed by atoms with E-state index in [1.807, 2.05) is 18.2 Å². The number of hydrogen-bond acceptors (Lipinski definition) is 5. The molecule has 1 saturated heterocycles. The maximum Gasteiger partial charge on any atom is 0.170 e. The first-order chi connectivity index (χ1) is 16.0. The van der Waals surface area contributed by atoms with Gasteiger partial charge in [0.2, 0.25) is 0 Å². The Bertz CT molecular complexity index is 1140. The minimum Gasteiger partial charge on any atom is -0.496 e. The molecule has 0 radical (unpaired) electrons. The maximum absolute atomic E-state index is 15.0. The van der Waals surface area contributed by atoms with E-state index in [0.717, 1.165) is 67.1 Å². The SMILES string of the molecule is CCCN(C)c1ccc2nc(C3(F)CC3)nc(N3CCC(c4ccccc4OC)CC3)c2c1. The molecule has 0 atom stereocenters. The van der Waals surface area contributed by atoms with Crippen molar-refractivity contribution in [2.24, 2.45) is 0 Å². The summed E-state index contributed by atoms with van der Waals surface area (Å²) in [7, 11) is 3.85. The summed E-state index contributed by atoms with van der Waals surface area (Å²) in [6.45, 7) is 4.92. The summed E-state index contributed by atoms with van der Waals surface area (Å²) in [6, 6.07) is 14.6. The highest BCUT2D eigenvalue weighted by molar-refractivity contribution is 5.92. The van der Waals surface area contributed by atoms with Crippen molar-refractivity contribution in [3.05, 3.63) is 53.9 Å². The Morgan fingerprint density at radius 3 is 2.58 bits per heavy atom. The van der Waals surface area contributed by atoms with E-state index in [-0.39, 0.29) is 0 Å². The lowest BCUT2D eigenvalue weighted by Gasteiger charge is -2.34. The molecule has 0 spiro atoms. The number of rotatable bonds is 7. The minimum atomic E-state index is -1.35. The van der Waals surface area contributed by atoms with Crippen LogP contribution in [-0.4, -0.2) is 43.8 Å². The molecule has 3 aromatic rings. The first-order valence-corrected chi connectivity index (χ1v) is 12.1. The predicted molar refractivity (Wildman–Crippen MR) is 132 cm³/mol. The van der Waals surface area contributed by atoms with Gasteiger partial charge in [0, 0.05) is 37.8 Å². The lowest BCUT2D eigenvalue weighted by molar-refractivity contribution is 0.301. The van der Waals surface area contributed by atoms with E-state index in [1.54, 1.807) is 7.11 Å². The van der Waals surface area contributed by atoms with Crippen molar-refractivity contribution in [1.29, 1.82) is 0 Å². The lowest BCUT2D eigenvalue weighted by atomic mass is 9.88. The van der Waals surface area contributed by atoms with Gasteiger partial charge in [0.15, 0.2) is 11.5 Å². The smallest absolute Gasteiger partial charge is 0.170 e. The Labute approximate surface area is 195 Å². The van der Waals surface area contributed by atoms with E-state index in [9.17, 15) is 0 Å². The molecule has 1 aliphatic carbocycles. The van der Waals surface area contributed by atoms with Crippen LogP contribution in [0.4, 0.5) is 15.9 Å². The summed E-state index contributed by atoms with van der Waals surface area (Å²) in [6.07, 6.45) is 4.14. The monoisotopic (exact) mass is 448 g/mol. The quantitative estimate of drug-likeness (QED) is 0.455. The molecule has 33 heavy (non-hydrogen) atoms. The van der Waals surface area contributed by atoms with Gasteiger partial charge in [-0.1, -0.05) is 25.1 Å². The average Bonchev–Trinajstić information content (AvgIpc) is 3.61. The van der Waals surface area contributed by atoms with Crippen LogP contribution < -0.4 is 14.5 Å². The summed E-state index contributed by atoms with van der Waals surface area (Å²) in [5.74, 6) is 2.64. The van der Waals surface area contributed by atoms with Crippen molar-refractivity contribution in [3.8, 4) is 5.75 Å². The first-order valence-electron chi connectivity index (χ1n) is 12.1. The zero-order valence-electron chi connectivity index (χ0n) is 19.9. The highest BCUT2D eigenvalue weighted by atomic mass is 19.1. The second-order valence-electron chi connectivity index (χ2n) is 9.46. The van der Waals surface area contributed by atoms with E-state index in [1.165, 1.54) is 5.56 Å². The van der Waals surface area contributed by atoms with Gasteiger partial charge in [0.05, 0.1) is 12.6 Å². The van der Waals surface area contributed by atoms with Gasteiger partial charge in [0.1, 0.15) is 11.6 Å². The van der Waals surface area contributed by atoms with Gasteiger partial charge in [-0.2, -0.15) is 0 Å². The molecular formula is C27H33FN4O. The van der Waals surface area contributed by atoms with Crippen LogP contribution in [0.3, 0.4) is 0 Å². The Hall–Kier alpha value is -2.89. The summed E-state index contributed by atoms with van der Waals surface area (Å²) < 4.78 is 20.6. The van der Waals surface area contributed by atoms with Gasteiger partial charge in [-0.3, -0.25) is 0 Å². The van der Waals surface area contributed by atoms with Crippen molar-refractivity contribution in [2.45, 2.75) is 50.6 Å². The maximum atomic E-state index is 15.0. The van der Waals surface area contributed by atoms with E-state index in [2.05, 4.69) is 53.0 Å². The third-order valence-corrected chi connectivity index (χ3v) is 7.12. The van der Waals surface area contributed by atoms with Crippen molar-refractivity contribution < 1.29 is 9.13 Å². The van der Waals surface area contributed by atoms with Crippen LogP contribution in [0.5, 0.6) is 5.75 Å². The Kier molecular flexibility index (Phi) is 5.85. The summed E-state index contributed by atoms with van der Waals surface area (Å²) in [4.78, 5) is 14.1. The van der Waals surface area contributed by atoms with Crippen LogP contribution in [0, 0.1) is 0 Å². The summed E-state index contributed by atoms with van der Waals surface area (Å²) in [5, 5.41) is 1.01. The van der Waals surface area contributed by atoms with E-state index in [0.29, 0.717) is 24.6 Å². The van der Waals surface area contributed by atoms with Crippen LogP contribution in [0.25, 0.3) is 10.9 Å². The second kappa shape index (κ2) is 8.81. The molecule has 1 aliphatic heterocycles. The number of piperidine rings is 1. The molecule has 2 aromatic carbocycles. The van der Waals surface area contributed by atoms with Crippen molar-refractivity contribution in [1.82, 2.24) is 9.97 Å². The van der Waals surface area contributed by atoms with Gasteiger partial charge >= 0.3 is 0 Å². The fraction of sp³-hybridized carbons (Fsp3) is 0.481. The number of ether oxygens (including phenoxy) is 1. The molecule has 2 aliphatic rings. The van der Waals surface area contributed by atoms with Gasteiger partial charge in [0.25, 0.3) is 0 Å². The lowest BCUT2D eigenvalue weighted by Crippen LogP contribution is -2.34. The van der Waals surface area contributed by atoms with Gasteiger partial charge < -0.3 is 14.5 Å². The van der Waals surface area contributed by atoms with Gasteiger partial charge in [-0.25, -0.2) is 14.4 Å². The summed E-state index contributed by atoms with van der Waals surface area (Å²) in [5.41, 5.74) is 1.90. The Morgan fingerprint density at radius 1 is 1.12 bits per heavy atom. The number of aromatic nitrogens is 2.